The number of rotatable bonds is 6. The van der Waals surface area contributed by atoms with Crippen LogP contribution in [0.5, 0.6) is 0 Å². The third-order valence-corrected chi connectivity index (χ3v) is 7.68. The predicted octanol–water partition coefficient (Wildman–Crippen LogP) is 4.16. The van der Waals surface area contributed by atoms with E-state index in [0.717, 1.165) is 35.1 Å². The molecule has 1 saturated carbocycles. The van der Waals surface area contributed by atoms with Gasteiger partial charge in [-0.25, -0.2) is 9.59 Å². The lowest BCUT2D eigenvalue weighted by Crippen LogP contribution is -2.58. The summed E-state index contributed by atoms with van der Waals surface area (Å²) in [5.74, 6) is -1.05. The molecule has 7 nitrogen and oxygen atoms in total. The number of carboxylic acid groups (broad SMARTS) is 1. The molecule has 2 aliphatic carbocycles. The number of carbonyl (C=O) groups excluding carboxylic acids is 2. The summed E-state index contributed by atoms with van der Waals surface area (Å²) in [5.41, 5.74) is 3.50. The molecule has 2 aromatic carbocycles. The Morgan fingerprint density at radius 1 is 1.06 bits per heavy atom. The molecule has 0 aromatic heterocycles. The van der Waals surface area contributed by atoms with Crippen LogP contribution >= 0.6 is 0 Å². The van der Waals surface area contributed by atoms with Crippen molar-refractivity contribution in [3.8, 4) is 11.1 Å². The molecule has 2 amide bonds. The van der Waals surface area contributed by atoms with E-state index in [1.165, 1.54) is 4.90 Å². The van der Waals surface area contributed by atoms with Gasteiger partial charge in [-0.2, -0.15) is 0 Å². The summed E-state index contributed by atoms with van der Waals surface area (Å²) in [6.45, 7) is 2.62. The third kappa shape index (κ3) is 3.93. The van der Waals surface area contributed by atoms with Crippen molar-refractivity contribution in [2.45, 2.75) is 56.5 Å². The highest BCUT2D eigenvalue weighted by atomic mass is 16.5. The number of likely N-dealkylation sites (tertiary alicyclic amines) is 1. The average molecular weight is 463 g/mol. The maximum Gasteiger partial charge on any atom is 0.408 e. The van der Waals surface area contributed by atoms with Crippen LogP contribution in [0.15, 0.2) is 48.5 Å². The molecule has 178 valence electrons. The first-order chi connectivity index (χ1) is 16.4. The number of carboxylic acids is 1. The van der Waals surface area contributed by atoms with E-state index in [-0.39, 0.29) is 18.4 Å². The number of aliphatic carboxylic acids is 1. The van der Waals surface area contributed by atoms with Gasteiger partial charge in [-0.1, -0.05) is 61.9 Å². The second kappa shape index (κ2) is 8.78. The van der Waals surface area contributed by atoms with Gasteiger partial charge in [-0.15, -0.1) is 0 Å². The number of nitrogens with zero attached hydrogens (tertiary/aromatic N) is 1. The molecule has 0 spiro atoms. The molecule has 34 heavy (non-hydrogen) atoms. The van der Waals surface area contributed by atoms with Crippen LogP contribution in [0.2, 0.25) is 0 Å². The Balaban J connectivity index is 1.25. The Kier molecular flexibility index (Phi) is 5.80. The molecule has 1 heterocycles. The second-order valence-electron chi connectivity index (χ2n) is 9.68. The molecule has 0 radical (unpaired) electrons. The van der Waals surface area contributed by atoms with Gasteiger partial charge in [0.1, 0.15) is 18.2 Å². The zero-order chi connectivity index (χ0) is 23.9. The fourth-order valence-corrected chi connectivity index (χ4v) is 5.51. The van der Waals surface area contributed by atoms with E-state index in [2.05, 4.69) is 29.6 Å². The number of nitrogens with one attached hydrogen (secondary N) is 1. The molecule has 2 fully saturated rings. The molecular weight excluding hydrogens is 432 g/mol. The van der Waals surface area contributed by atoms with Gasteiger partial charge in [0.05, 0.1) is 0 Å². The van der Waals surface area contributed by atoms with Gasteiger partial charge in [0.25, 0.3) is 0 Å². The minimum absolute atomic E-state index is 0.0616. The van der Waals surface area contributed by atoms with Crippen molar-refractivity contribution >= 4 is 18.0 Å². The van der Waals surface area contributed by atoms with Gasteiger partial charge in [0, 0.05) is 12.5 Å². The summed E-state index contributed by atoms with van der Waals surface area (Å²) < 4.78 is 5.62. The Labute approximate surface area is 199 Å². The first kappa shape index (κ1) is 22.4. The highest BCUT2D eigenvalue weighted by molar-refractivity contribution is 5.95. The molecule has 7 heteroatoms. The zero-order valence-corrected chi connectivity index (χ0v) is 19.3. The van der Waals surface area contributed by atoms with E-state index in [1.54, 1.807) is 0 Å². The number of hydrogen-bond acceptors (Lipinski definition) is 4. The van der Waals surface area contributed by atoms with Gasteiger partial charge >= 0.3 is 12.1 Å². The SMILES string of the molecule is CCC1CCN(C(=O)C2(NC(=O)OCC3c4ccccc4-c4ccccc43)CC2)C(C(=O)O)C1. The fourth-order valence-electron chi connectivity index (χ4n) is 5.51. The van der Waals surface area contributed by atoms with Gasteiger partial charge in [0.2, 0.25) is 5.91 Å². The maximum absolute atomic E-state index is 13.3. The lowest BCUT2D eigenvalue weighted by molar-refractivity contribution is -0.154. The summed E-state index contributed by atoms with van der Waals surface area (Å²) >= 11 is 0. The van der Waals surface area contributed by atoms with Crippen molar-refractivity contribution in [3.63, 3.8) is 0 Å². The van der Waals surface area contributed by atoms with Crippen molar-refractivity contribution < 1.29 is 24.2 Å². The standard InChI is InChI=1S/C27H30N2O5/c1-2-17-11-14-29(23(15-17)24(30)31)25(32)27(12-13-27)28-26(33)34-16-22-20-9-5-3-7-18(20)19-8-4-6-10-21(19)22/h3-10,17,22-23H,2,11-16H2,1H3,(H,28,33)(H,30,31). The van der Waals surface area contributed by atoms with Crippen LogP contribution in [-0.2, 0) is 14.3 Å². The molecule has 5 rings (SSSR count). The first-order valence-electron chi connectivity index (χ1n) is 12.1. The minimum atomic E-state index is -1.05. The Hall–Kier alpha value is -3.35. The van der Waals surface area contributed by atoms with E-state index < -0.39 is 23.6 Å². The van der Waals surface area contributed by atoms with Crippen molar-refractivity contribution in [3.05, 3.63) is 59.7 Å². The summed E-state index contributed by atoms with van der Waals surface area (Å²) in [4.78, 5) is 39.4. The summed E-state index contributed by atoms with van der Waals surface area (Å²) in [6, 6.07) is 15.4. The molecule has 3 aliphatic rings. The number of alkyl carbamates (subject to hydrolysis) is 1. The van der Waals surface area contributed by atoms with Crippen LogP contribution in [-0.4, -0.2) is 52.7 Å². The van der Waals surface area contributed by atoms with Crippen LogP contribution in [0, 0.1) is 5.92 Å². The van der Waals surface area contributed by atoms with Crippen molar-refractivity contribution in [1.82, 2.24) is 10.2 Å². The molecule has 1 saturated heterocycles. The van der Waals surface area contributed by atoms with E-state index in [0.29, 0.717) is 31.7 Å². The lowest BCUT2D eigenvalue weighted by Gasteiger charge is -2.38. The highest BCUT2D eigenvalue weighted by Crippen LogP contribution is 2.45. The van der Waals surface area contributed by atoms with Gasteiger partial charge in [-0.3, -0.25) is 4.79 Å². The molecule has 2 atom stereocenters. The Bertz CT molecular complexity index is 1080. The van der Waals surface area contributed by atoms with E-state index in [1.807, 2.05) is 31.2 Å². The first-order valence-corrected chi connectivity index (χ1v) is 12.1. The number of hydrogen-bond donors (Lipinski definition) is 2. The van der Waals surface area contributed by atoms with Crippen molar-refractivity contribution in [2.75, 3.05) is 13.2 Å². The number of fused-ring (bicyclic) bond motifs is 3. The Morgan fingerprint density at radius 2 is 1.68 bits per heavy atom. The van der Waals surface area contributed by atoms with Gasteiger partial charge in [0.15, 0.2) is 0 Å². The quantitative estimate of drug-likeness (QED) is 0.672. The molecule has 2 N–H and O–H groups in total. The molecule has 1 aliphatic heterocycles. The monoisotopic (exact) mass is 462 g/mol. The van der Waals surface area contributed by atoms with Crippen LogP contribution in [0.25, 0.3) is 11.1 Å². The third-order valence-electron chi connectivity index (χ3n) is 7.68. The number of piperidine rings is 1. The number of carbonyl (C=O) groups is 3. The predicted molar refractivity (Wildman–Crippen MR) is 126 cm³/mol. The summed E-state index contributed by atoms with van der Waals surface area (Å²) in [5, 5.41) is 12.5. The highest BCUT2D eigenvalue weighted by Gasteiger charge is 2.55. The van der Waals surface area contributed by atoms with Crippen LogP contribution in [0.3, 0.4) is 0 Å². The number of benzene rings is 2. The molecular formula is C27H30N2O5. The normalized spacial score (nSPS) is 22.4. The van der Waals surface area contributed by atoms with Gasteiger partial charge in [-0.05, 0) is 53.9 Å². The molecule has 0 bridgehead atoms. The Morgan fingerprint density at radius 3 is 2.24 bits per heavy atom. The van der Waals surface area contributed by atoms with Crippen LogP contribution < -0.4 is 5.32 Å². The maximum atomic E-state index is 13.3. The summed E-state index contributed by atoms with van der Waals surface area (Å²) in [7, 11) is 0. The van der Waals surface area contributed by atoms with E-state index in [9.17, 15) is 19.5 Å². The summed E-state index contributed by atoms with van der Waals surface area (Å²) in [6.07, 6.45) is 2.50. The average Bonchev–Trinajstić information content (AvgIpc) is 3.57. The molecule has 2 unspecified atom stereocenters. The van der Waals surface area contributed by atoms with E-state index in [4.69, 9.17) is 4.74 Å². The number of amides is 2. The minimum Gasteiger partial charge on any atom is -0.480 e. The fraction of sp³-hybridized carbons (Fsp3) is 0.444. The largest absolute Gasteiger partial charge is 0.480 e. The smallest absolute Gasteiger partial charge is 0.408 e. The van der Waals surface area contributed by atoms with Crippen LogP contribution in [0.4, 0.5) is 4.79 Å². The zero-order valence-electron chi connectivity index (χ0n) is 19.3. The molecule has 2 aromatic rings. The number of ether oxygens (including phenoxy) is 1. The lowest BCUT2D eigenvalue weighted by atomic mass is 9.88. The van der Waals surface area contributed by atoms with Crippen molar-refractivity contribution in [1.29, 1.82) is 0 Å². The second-order valence-corrected chi connectivity index (χ2v) is 9.68. The van der Waals surface area contributed by atoms with Gasteiger partial charge < -0.3 is 20.1 Å². The van der Waals surface area contributed by atoms with Crippen molar-refractivity contribution in [2.24, 2.45) is 5.92 Å². The van der Waals surface area contributed by atoms with E-state index >= 15 is 0 Å². The topological polar surface area (TPSA) is 95.9 Å². The van der Waals surface area contributed by atoms with Crippen LogP contribution in [0.1, 0.15) is 56.1 Å².